The van der Waals surface area contributed by atoms with E-state index in [0.717, 1.165) is 15.4 Å². The minimum Gasteiger partial charge on any atom is -0.496 e. The number of aryl methyl sites for hydroxylation is 1. The number of rotatable bonds is 13. The molecule has 4 rings (SSSR count). The van der Waals surface area contributed by atoms with Crippen molar-refractivity contribution in [2.45, 2.75) is 50.7 Å². The zero-order valence-corrected chi connectivity index (χ0v) is 30.3. The van der Waals surface area contributed by atoms with Crippen molar-refractivity contribution in [3.8, 4) is 5.75 Å². The van der Waals surface area contributed by atoms with Gasteiger partial charge in [-0.15, -0.1) is 0 Å². The Morgan fingerprint density at radius 3 is 2.13 bits per heavy atom. The molecule has 0 aliphatic rings. The molecule has 0 fully saturated rings. The predicted molar refractivity (Wildman–Crippen MR) is 191 cm³/mol. The lowest BCUT2D eigenvalue weighted by Crippen LogP contribution is -2.54. The first-order chi connectivity index (χ1) is 22.3. The van der Waals surface area contributed by atoms with Crippen LogP contribution < -0.4 is 14.4 Å². The van der Waals surface area contributed by atoms with Crippen molar-refractivity contribution in [3.63, 3.8) is 0 Å². The summed E-state index contributed by atoms with van der Waals surface area (Å²) < 4.78 is 35.4. The van der Waals surface area contributed by atoms with E-state index in [1.807, 2.05) is 51.1 Å². The van der Waals surface area contributed by atoms with E-state index in [9.17, 15) is 18.0 Å². The molecule has 0 aliphatic carbocycles. The molecule has 0 aliphatic heterocycles. The Labute approximate surface area is 294 Å². The van der Waals surface area contributed by atoms with E-state index in [4.69, 9.17) is 27.9 Å². The third kappa shape index (κ3) is 9.07. The molecular formula is C35H36BrCl2N3O5S. The van der Waals surface area contributed by atoms with Crippen molar-refractivity contribution < 1.29 is 22.7 Å². The van der Waals surface area contributed by atoms with Gasteiger partial charge in [0.2, 0.25) is 11.8 Å². The number of hydrogen-bond donors (Lipinski definition) is 1. The first-order valence-electron chi connectivity index (χ1n) is 14.8. The minimum absolute atomic E-state index is 0.0577. The van der Waals surface area contributed by atoms with Crippen LogP contribution in [0.2, 0.25) is 10.0 Å². The summed E-state index contributed by atoms with van der Waals surface area (Å²) in [5, 5.41) is 3.55. The van der Waals surface area contributed by atoms with Crippen LogP contribution in [0.15, 0.2) is 100 Å². The van der Waals surface area contributed by atoms with Crippen LogP contribution in [-0.2, 0) is 32.6 Å². The number of halogens is 3. The Morgan fingerprint density at radius 1 is 0.915 bits per heavy atom. The quantitative estimate of drug-likeness (QED) is 0.153. The summed E-state index contributed by atoms with van der Waals surface area (Å²) in [6, 6.07) is 24.2. The Morgan fingerprint density at radius 2 is 1.55 bits per heavy atom. The highest BCUT2D eigenvalue weighted by Gasteiger charge is 2.35. The van der Waals surface area contributed by atoms with E-state index in [1.165, 1.54) is 30.2 Å². The van der Waals surface area contributed by atoms with Gasteiger partial charge in [-0.05, 0) is 84.7 Å². The first kappa shape index (κ1) is 36.3. The topological polar surface area (TPSA) is 96.0 Å². The average molecular weight is 762 g/mol. The molecular weight excluding hydrogens is 725 g/mol. The van der Waals surface area contributed by atoms with Gasteiger partial charge in [0, 0.05) is 34.6 Å². The molecule has 0 saturated carbocycles. The fraction of sp³-hybridized carbons (Fsp3) is 0.257. The minimum atomic E-state index is -4.31. The van der Waals surface area contributed by atoms with Gasteiger partial charge in [-0.2, -0.15) is 0 Å². The summed E-state index contributed by atoms with van der Waals surface area (Å²) in [7, 11) is -2.83. The largest absolute Gasteiger partial charge is 0.496 e. The standard InChI is InChI=1S/C35H36BrCl2N3O5S/c1-23(2)39-35(43)32(19-25-9-6-5-7-10-25)40(21-28-30(37)11-8-12-31(28)38)34(42)22-41(26-15-13-24(3)14-16-26)47(44,45)27-17-18-33(46-4)29(36)20-27/h5-18,20,23,32H,19,21-22H2,1-4H3,(H,39,43)/t32-/m0/s1. The number of anilines is 1. The second-order valence-electron chi connectivity index (χ2n) is 11.2. The normalized spacial score (nSPS) is 12.0. The van der Waals surface area contributed by atoms with Crippen LogP contribution in [0.4, 0.5) is 5.69 Å². The van der Waals surface area contributed by atoms with Gasteiger partial charge in [-0.1, -0.05) is 77.3 Å². The summed E-state index contributed by atoms with van der Waals surface area (Å²) in [6.45, 7) is 4.78. The van der Waals surface area contributed by atoms with Gasteiger partial charge >= 0.3 is 0 Å². The lowest BCUT2D eigenvalue weighted by atomic mass is 10.0. The SMILES string of the molecule is COc1ccc(S(=O)(=O)N(CC(=O)N(Cc2c(Cl)cccc2Cl)[C@@H](Cc2ccccc2)C(=O)NC(C)C)c2ccc(C)cc2)cc1Br. The Kier molecular flexibility index (Phi) is 12.4. The number of hydrogen-bond acceptors (Lipinski definition) is 5. The Balaban J connectivity index is 1.85. The number of amides is 2. The highest BCUT2D eigenvalue weighted by atomic mass is 79.9. The molecule has 1 atom stereocenters. The molecule has 4 aromatic rings. The number of benzene rings is 4. The Hall–Kier alpha value is -3.57. The van der Waals surface area contributed by atoms with Crippen LogP contribution in [0.5, 0.6) is 5.75 Å². The molecule has 0 spiro atoms. The number of sulfonamides is 1. The lowest BCUT2D eigenvalue weighted by molar-refractivity contribution is -0.140. The van der Waals surface area contributed by atoms with Crippen molar-refractivity contribution in [3.05, 3.63) is 122 Å². The molecule has 0 bridgehead atoms. The van der Waals surface area contributed by atoms with E-state index in [2.05, 4.69) is 21.2 Å². The van der Waals surface area contributed by atoms with Crippen LogP contribution in [0.3, 0.4) is 0 Å². The smallest absolute Gasteiger partial charge is 0.264 e. The molecule has 2 amide bonds. The summed E-state index contributed by atoms with van der Waals surface area (Å²) >= 11 is 16.5. The summed E-state index contributed by atoms with van der Waals surface area (Å²) in [6.07, 6.45) is 0.163. The maximum atomic E-state index is 14.6. The molecule has 248 valence electrons. The van der Waals surface area contributed by atoms with Crippen LogP contribution >= 0.6 is 39.1 Å². The molecule has 0 saturated heterocycles. The van der Waals surface area contributed by atoms with Crippen LogP contribution in [0.1, 0.15) is 30.5 Å². The molecule has 47 heavy (non-hydrogen) atoms. The van der Waals surface area contributed by atoms with Crippen LogP contribution in [-0.4, -0.2) is 50.9 Å². The maximum absolute atomic E-state index is 14.6. The van der Waals surface area contributed by atoms with E-state index in [-0.39, 0.29) is 29.6 Å². The molecule has 8 nitrogen and oxygen atoms in total. The van der Waals surface area contributed by atoms with Crippen LogP contribution in [0, 0.1) is 6.92 Å². The highest BCUT2D eigenvalue weighted by Crippen LogP contribution is 2.32. The number of carbonyl (C=O) groups is 2. The van der Waals surface area contributed by atoms with Gasteiger partial charge in [0.15, 0.2) is 0 Å². The third-order valence-corrected chi connectivity index (χ3v) is 10.5. The molecule has 0 heterocycles. The summed E-state index contributed by atoms with van der Waals surface area (Å²) in [4.78, 5) is 29.8. The molecule has 0 aromatic heterocycles. The molecule has 12 heteroatoms. The second kappa shape index (κ2) is 16.0. The van der Waals surface area contributed by atoms with Crippen molar-refractivity contribution in [2.75, 3.05) is 18.0 Å². The van der Waals surface area contributed by atoms with Gasteiger partial charge in [0.25, 0.3) is 10.0 Å². The van der Waals surface area contributed by atoms with Gasteiger partial charge < -0.3 is 15.0 Å². The third-order valence-electron chi connectivity index (χ3n) is 7.40. The van der Waals surface area contributed by atoms with E-state index in [1.54, 1.807) is 42.5 Å². The van der Waals surface area contributed by atoms with Crippen molar-refractivity contribution in [1.82, 2.24) is 10.2 Å². The fourth-order valence-electron chi connectivity index (χ4n) is 4.96. The second-order valence-corrected chi connectivity index (χ2v) is 14.8. The first-order valence-corrected chi connectivity index (χ1v) is 17.8. The van der Waals surface area contributed by atoms with Gasteiger partial charge in [-0.3, -0.25) is 13.9 Å². The Bertz CT molecular complexity index is 1800. The van der Waals surface area contributed by atoms with Crippen LogP contribution in [0.25, 0.3) is 0 Å². The van der Waals surface area contributed by atoms with E-state index < -0.39 is 34.4 Å². The zero-order valence-electron chi connectivity index (χ0n) is 26.4. The van der Waals surface area contributed by atoms with E-state index in [0.29, 0.717) is 25.8 Å². The molecule has 1 N–H and O–H groups in total. The number of nitrogens with zero attached hydrogens (tertiary/aromatic N) is 2. The number of carbonyl (C=O) groups excluding carboxylic acids is 2. The summed E-state index contributed by atoms with van der Waals surface area (Å²) in [5.74, 6) is -0.577. The average Bonchev–Trinajstić information content (AvgIpc) is 3.03. The monoisotopic (exact) mass is 759 g/mol. The van der Waals surface area contributed by atoms with Crippen molar-refractivity contribution in [1.29, 1.82) is 0 Å². The number of methoxy groups -OCH3 is 1. The summed E-state index contributed by atoms with van der Waals surface area (Å²) in [5.41, 5.74) is 2.43. The maximum Gasteiger partial charge on any atom is 0.264 e. The molecule has 0 unspecified atom stereocenters. The van der Waals surface area contributed by atoms with Gasteiger partial charge in [-0.25, -0.2) is 8.42 Å². The molecule has 4 aromatic carbocycles. The van der Waals surface area contributed by atoms with Crippen molar-refractivity contribution >= 4 is 66.7 Å². The van der Waals surface area contributed by atoms with Gasteiger partial charge in [0.05, 0.1) is 22.2 Å². The zero-order chi connectivity index (χ0) is 34.3. The number of nitrogens with one attached hydrogen (secondary N) is 1. The molecule has 0 radical (unpaired) electrons. The van der Waals surface area contributed by atoms with E-state index >= 15 is 0 Å². The van der Waals surface area contributed by atoms with Gasteiger partial charge in [0.1, 0.15) is 18.3 Å². The predicted octanol–water partition coefficient (Wildman–Crippen LogP) is 7.43. The fourth-order valence-corrected chi connectivity index (χ4v) is 7.61. The number of ether oxygens (including phenoxy) is 1. The van der Waals surface area contributed by atoms with Crippen molar-refractivity contribution in [2.24, 2.45) is 0 Å². The lowest BCUT2D eigenvalue weighted by Gasteiger charge is -2.34. The highest BCUT2D eigenvalue weighted by molar-refractivity contribution is 9.10.